The number of carbonyl (C=O) groups excluding carboxylic acids is 1. The van der Waals surface area contributed by atoms with Gasteiger partial charge in [-0.3, -0.25) is 5.43 Å². The number of piperazine rings is 1. The Hall–Kier alpha value is -3.40. The van der Waals surface area contributed by atoms with Gasteiger partial charge < -0.3 is 19.5 Å². The number of ether oxygens (including phenoxy) is 1. The van der Waals surface area contributed by atoms with Crippen LogP contribution in [0.3, 0.4) is 0 Å². The minimum Gasteiger partial charge on any atom is -0.450 e. The van der Waals surface area contributed by atoms with Crippen molar-refractivity contribution in [2.75, 3.05) is 43.5 Å². The van der Waals surface area contributed by atoms with Gasteiger partial charge in [0.05, 0.1) is 12.9 Å². The molecule has 10 nitrogen and oxygen atoms in total. The van der Waals surface area contributed by atoms with E-state index in [9.17, 15) is 4.79 Å². The summed E-state index contributed by atoms with van der Waals surface area (Å²) in [6.07, 6.45) is 1.55. The van der Waals surface area contributed by atoms with Crippen LogP contribution in [0.5, 0.6) is 0 Å². The van der Waals surface area contributed by atoms with Crippen molar-refractivity contribution in [3.8, 4) is 0 Å². The second kappa shape index (κ2) is 9.62. The first-order valence-electron chi connectivity index (χ1n) is 11.3. The third kappa shape index (κ3) is 5.33. The number of rotatable bonds is 6. The maximum atomic E-state index is 12.0. The van der Waals surface area contributed by atoms with Crippen LogP contribution < -0.4 is 10.7 Å². The molecule has 0 aliphatic carbocycles. The number of hydrogen-bond donors (Lipinski definition) is 2. The lowest BCUT2D eigenvalue weighted by Crippen LogP contribution is -2.50. The molecular weight excluding hydrogens is 420 g/mol. The summed E-state index contributed by atoms with van der Waals surface area (Å²) in [7, 11) is 0. The highest BCUT2D eigenvalue weighted by Crippen LogP contribution is 2.26. The van der Waals surface area contributed by atoms with Gasteiger partial charge >= 0.3 is 6.09 Å². The molecule has 176 valence electrons. The van der Waals surface area contributed by atoms with Crippen molar-refractivity contribution in [3.05, 3.63) is 42.2 Å². The highest BCUT2D eigenvalue weighted by atomic mass is 16.6. The number of nitrogens with one attached hydrogen (secondary N) is 2. The van der Waals surface area contributed by atoms with Crippen molar-refractivity contribution < 1.29 is 9.53 Å². The van der Waals surface area contributed by atoms with Crippen molar-refractivity contribution in [1.82, 2.24) is 29.4 Å². The van der Waals surface area contributed by atoms with Gasteiger partial charge in [0.2, 0.25) is 5.95 Å². The molecule has 0 radical (unpaired) electrons. The fourth-order valence-corrected chi connectivity index (χ4v) is 3.70. The number of anilines is 2. The summed E-state index contributed by atoms with van der Waals surface area (Å²) in [5.41, 5.74) is 5.80. The van der Waals surface area contributed by atoms with Crippen molar-refractivity contribution >= 4 is 29.0 Å². The van der Waals surface area contributed by atoms with Gasteiger partial charge in [0, 0.05) is 38.3 Å². The third-order valence-corrected chi connectivity index (χ3v) is 5.49. The molecular formula is C23H32N8O2. The van der Waals surface area contributed by atoms with E-state index in [2.05, 4.69) is 53.2 Å². The Kier molecular flexibility index (Phi) is 6.64. The highest BCUT2D eigenvalue weighted by Gasteiger charge is 2.24. The Morgan fingerprint density at radius 3 is 2.48 bits per heavy atom. The highest BCUT2D eigenvalue weighted by molar-refractivity contribution is 5.84. The SMILES string of the molecule is CCOC(=O)N1CCN(Nc2nc(NCc3ccccc3)c3ncn(C(C)(C)C)c3n2)CC1. The van der Waals surface area contributed by atoms with E-state index in [1.165, 1.54) is 0 Å². The number of amides is 1. The average Bonchev–Trinajstić information content (AvgIpc) is 3.23. The molecule has 1 aliphatic rings. The minimum absolute atomic E-state index is 0.178. The lowest BCUT2D eigenvalue weighted by molar-refractivity contribution is 0.0851. The first-order valence-corrected chi connectivity index (χ1v) is 11.3. The van der Waals surface area contributed by atoms with Gasteiger partial charge in [-0.25, -0.2) is 14.8 Å². The van der Waals surface area contributed by atoms with Crippen LogP contribution in [0.15, 0.2) is 36.7 Å². The maximum absolute atomic E-state index is 12.0. The van der Waals surface area contributed by atoms with Crippen LogP contribution in [0.1, 0.15) is 33.3 Å². The predicted octanol–water partition coefficient (Wildman–Crippen LogP) is 3.29. The zero-order chi connectivity index (χ0) is 23.4. The van der Waals surface area contributed by atoms with Crippen molar-refractivity contribution in [2.45, 2.75) is 39.8 Å². The molecule has 0 unspecified atom stereocenters. The molecule has 2 N–H and O–H groups in total. The summed E-state index contributed by atoms with van der Waals surface area (Å²) in [5, 5.41) is 5.45. The first kappa shape index (κ1) is 22.8. The number of hydrogen-bond acceptors (Lipinski definition) is 8. The molecule has 4 rings (SSSR count). The van der Waals surface area contributed by atoms with Crippen LogP contribution in [0.25, 0.3) is 11.2 Å². The Bertz CT molecular complexity index is 1090. The molecule has 0 spiro atoms. The van der Waals surface area contributed by atoms with Crippen LogP contribution in [-0.2, 0) is 16.8 Å². The molecule has 0 saturated carbocycles. The van der Waals surface area contributed by atoms with Gasteiger partial charge in [-0.15, -0.1) is 0 Å². The molecule has 2 aromatic heterocycles. The van der Waals surface area contributed by atoms with Crippen molar-refractivity contribution in [3.63, 3.8) is 0 Å². The summed E-state index contributed by atoms with van der Waals surface area (Å²) in [6, 6.07) is 10.2. The van der Waals surface area contributed by atoms with Gasteiger partial charge in [0.1, 0.15) is 0 Å². The molecule has 1 saturated heterocycles. The van der Waals surface area contributed by atoms with E-state index < -0.39 is 0 Å². The van der Waals surface area contributed by atoms with E-state index in [4.69, 9.17) is 14.7 Å². The summed E-state index contributed by atoms with van der Waals surface area (Å²) < 4.78 is 7.16. The second-order valence-electron chi connectivity index (χ2n) is 8.98. The Balaban J connectivity index is 1.55. The van der Waals surface area contributed by atoms with E-state index in [1.807, 2.05) is 36.5 Å². The van der Waals surface area contributed by atoms with E-state index >= 15 is 0 Å². The molecule has 10 heteroatoms. The van der Waals surface area contributed by atoms with Crippen LogP contribution in [0.4, 0.5) is 16.6 Å². The molecule has 0 atom stereocenters. The second-order valence-corrected chi connectivity index (χ2v) is 8.98. The number of carbonyl (C=O) groups is 1. The number of nitrogens with zero attached hydrogens (tertiary/aromatic N) is 6. The van der Waals surface area contributed by atoms with Crippen LogP contribution in [0.2, 0.25) is 0 Å². The van der Waals surface area contributed by atoms with Gasteiger partial charge in [-0.05, 0) is 33.3 Å². The van der Waals surface area contributed by atoms with Crippen molar-refractivity contribution in [2.24, 2.45) is 0 Å². The monoisotopic (exact) mass is 452 g/mol. The lowest BCUT2D eigenvalue weighted by Gasteiger charge is -2.34. The van der Waals surface area contributed by atoms with Crippen LogP contribution in [-0.4, -0.2) is 68.3 Å². The predicted molar refractivity (Wildman–Crippen MR) is 128 cm³/mol. The summed E-state index contributed by atoms with van der Waals surface area (Å²) in [5.74, 6) is 1.17. The summed E-state index contributed by atoms with van der Waals surface area (Å²) in [4.78, 5) is 27.8. The molecule has 1 fully saturated rings. The fourth-order valence-electron chi connectivity index (χ4n) is 3.70. The maximum Gasteiger partial charge on any atom is 0.409 e. The largest absolute Gasteiger partial charge is 0.450 e. The molecule has 1 aliphatic heterocycles. The standard InChI is InChI=1S/C23H32N8O2/c1-5-33-22(32)29-11-13-30(14-12-29)28-21-26-19(24-15-17-9-7-6-8-10-17)18-20(27-21)31(16-25-18)23(2,3)4/h6-10,16H,5,11-15H2,1-4H3,(H2,24,26,27,28). The number of imidazole rings is 1. The normalized spacial score (nSPS) is 15.0. The van der Waals surface area contributed by atoms with Gasteiger partial charge in [0.25, 0.3) is 0 Å². The topological polar surface area (TPSA) is 100 Å². The molecule has 3 heterocycles. The van der Waals surface area contributed by atoms with E-state index in [1.54, 1.807) is 4.90 Å². The Morgan fingerprint density at radius 2 is 1.82 bits per heavy atom. The van der Waals surface area contributed by atoms with E-state index in [0.717, 1.165) is 16.7 Å². The smallest absolute Gasteiger partial charge is 0.409 e. The van der Waals surface area contributed by atoms with E-state index in [-0.39, 0.29) is 11.6 Å². The van der Waals surface area contributed by atoms with Gasteiger partial charge in [-0.1, -0.05) is 30.3 Å². The number of benzene rings is 1. The molecule has 33 heavy (non-hydrogen) atoms. The average molecular weight is 453 g/mol. The Labute approximate surface area is 193 Å². The molecule has 1 amide bonds. The molecule has 0 bridgehead atoms. The summed E-state index contributed by atoms with van der Waals surface area (Å²) >= 11 is 0. The minimum atomic E-state index is -0.267. The lowest BCUT2D eigenvalue weighted by atomic mass is 10.1. The third-order valence-electron chi connectivity index (χ3n) is 5.49. The van der Waals surface area contributed by atoms with Crippen LogP contribution >= 0.6 is 0 Å². The number of hydrazine groups is 1. The molecule has 3 aromatic rings. The first-order chi connectivity index (χ1) is 15.8. The van der Waals surface area contributed by atoms with Gasteiger partial charge in [-0.2, -0.15) is 9.97 Å². The Morgan fingerprint density at radius 1 is 1.09 bits per heavy atom. The zero-order valence-electron chi connectivity index (χ0n) is 19.7. The quantitative estimate of drug-likeness (QED) is 0.588. The van der Waals surface area contributed by atoms with Crippen LogP contribution in [0, 0.1) is 0 Å². The number of aromatic nitrogens is 4. The van der Waals surface area contributed by atoms with Gasteiger partial charge in [0.15, 0.2) is 17.0 Å². The molecule has 1 aromatic carbocycles. The number of fused-ring (bicyclic) bond motifs is 1. The van der Waals surface area contributed by atoms with Crippen molar-refractivity contribution in [1.29, 1.82) is 0 Å². The fraction of sp³-hybridized carbons (Fsp3) is 0.478. The zero-order valence-corrected chi connectivity index (χ0v) is 19.7. The van der Waals surface area contributed by atoms with E-state index in [0.29, 0.717) is 51.1 Å². The summed E-state index contributed by atoms with van der Waals surface area (Å²) in [6.45, 7) is 11.6.